The van der Waals surface area contributed by atoms with Crippen LogP contribution in [0.15, 0.2) is 18.2 Å². The number of anilines is 1. The number of ether oxygens (including phenoxy) is 1. The number of urea groups is 1. The number of halogens is 1. The molecule has 0 saturated carbocycles. The molecule has 7 heteroatoms. The molecule has 0 aliphatic heterocycles. The number of methoxy groups -OCH3 is 1. The van der Waals surface area contributed by atoms with Crippen LogP contribution in [0.2, 0.25) is 0 Å². The lowest BCUT2D eigenvalue weighted by Gasteiger charge is -2.16. The molecule has 0 aliphatic carbocycles. The van der Waals surface area contributed by atoms with Gasteiger partial charge >= 0.3 is 6.03 Å². The van der Waals surface area contributed by atoms with Gasteiger partial charge in [-0.25, -0.2) is 9.18 Å². The maximum absolute atomic E-state index is 13.6. The number of carbonyl (C=O) groups is 2. The Morgan fingerprint density at radius 1 is 1.40 bits per heavy atom. The largest absolute Gasteiger partial charge is 0.497 e. The average Bonchev–Trinajstić information content (AvgIpc) is 2.41. The maximum Gasteiger partial charge on any atom is 0.321 e. The summed E-state index contributed by atoms with van der Waals surface area (Å²) in [5.41, 5.74) is 0.128. The van der Waals surface area contributed by atoms with Gasteiger partial charge in [0.25, 0.3) is 0 Å². The van der Waals surface area contributed by atoms with Gasteiger partial charge in [-0.3, -0.25) is 10.1 Å². The lowest BCUT2D eigenvalue weighted by molar-refractivity contribution is -0.120. The predicted octanol–water partition coefficient (Wildman–Crippen LogP) is 1.48. The molecule has 3 N–H and O–H groups in total. The van der Waals surface area contributed by atoms with Crippen LogP contribution >= 0.6 is 0 Å². The minimum absolute atomic E-state index is 0.128. The predicted molar refractivity (Wildman–Crippen MR) is 73.3 cm³/mol. The van der Waals surface area contributed by atoms with E-state index in [2.05, 4.69) is 16.0 Å². The van der Waals surface area contributed by atoms with Gasteiger partial charge in [0.15, 0.2) is 0 Å². The van der Waals surface area contributed by atoms with Crippen molar-refractivity contribution in [3.05, 3.63) is 24.0 Å². The van der Waals surface area contributed by atoms with Gasteiger partial charge in [0, 0.05) is 12.6 Å². The van der Waals surface area contributed by atoms with Gasteiger partial charge < -0.3 is 15.4 Å². The first kappa shape index (κ1) is 15.7. The summed E-state index contributed by atoms with van der Waals surface area (Å²) in [4.78, 5) is 22.9. The highest BCUT2D eigenvalue weighted by Crippen LogP contribution is 2.21. The SMILES string of the molecule is CCNC(=O)NC(=O)C(C)Nc1cc(OC)ccc1F. The van der Waals surface area contributed by atoms with Gasteiger partial charge in [0.2, 0.25) is 5.91 Å². The summed E-state index contributed by atoms with van der Waals surface area (Å²) in [5.74, 6) is -0.605. The number of benzene rings is 1. The van der Waals surface area contributed by atoms with Crippen LogP contribution in [0.3, 0.4) is 0 Å². The van der Waals surface area contributed by atoms with Crippen LogP contribution in [0.4, 0.5) is 14.9 Å². The fourth-order valence-electron chi connectivity index (χ4n) is 1.47. The van der Waals surface area contributed by atoms with Crippen molar-refractivity contribution >= 4 is 17.6 Å². The highest BCUT2D eigenvalue weighted by Gasteiger charge is 2.17. The Morgan fingerprint density at radius 2 is 2.10 bits per heavy atom. The van der Waals surface area contributed by atoms with Gasteiger partial charge in [-0.15, -0.1) is 0 Å². The van der Waals surface area contributed by atoms with E-state index in [1.807, 2.05) is 0 Å². The third kappa shape index (κ3) is 4.42. The zero-order valence-electron chi connectivity index (χ0n) is 11.6. The molecule has 1 atom stereocenters. The molecule has 0 radical (unpaired) electrons. The Balaban J connectivity index is 2.67. The topological polar surface area (TPSA) is 79.5 Å². The van der Waals surface area contributed by atoms with Crippen molar-refractivity contribution in [1.82, 2.24) is 10.6 Å². The Hall–Kier alpha value is -2.31. The molecule has 0 fully saturated rings. The summed E-state index contributed by atoms with van der Waals surface area (Å²) in [6.45, 7) is 3.66. The van der Waals surface area contributed by atoms with E-state index in [1.54, 1.807) is 6.92 Å². The molecule has 0 heterocycles. The number of carbonyl (C=O) groups excluding carboxylic acids is 2. The maximum atomic E-state index is 13.6. The first-order valence-electron chi connectivity index (χ1n) is 6.16. The molecule has 110 valence electrons. The summed E-state index contributed by atoms with van der Waals surface area (Å²) in [6.07, 6.45) is 0. The summed E-state index contributed by atoms with van der Waals surface area (Å²) in [7, 11) is 1.46. The van der Waals surface area contributed by atoms with E-state index >= 15 is 0 Å². The Labute approximate surface area is 116 Å². The first-order chi connectivity index (χ1) is 9.47. The van der Waals surface area contributed by atoms with Crippen molar-refractivity contribution in [3.63, 3.8) is 0 Å². The van der Waals surface area contributed by atoms with E-state index in [0.29, 0.717) is 12.3 Å². The minimum atomic E-state index is -0.779. The summed E-state index contributed by atoms with van der Waals surface area (Å²) in [6, 6.07) is 2.78. The highest BCUT2D eigenvalue weighted by atomic mass is 19.1. The summed E-state index contributed by atoms with van der Waals surface area (Å²) >= 11 is 0. The van der Waals surface area contributed by atoms with Crippen molar-refractivity contribution in [2.75, 3.05) is 19.0 Å². The van der Waals surface area contributed by atoms with Crippen molar-refractivity contribution in [2.24, 2.45) is 0 Å². The molecule has 6 nitrogen and oxygen atoms in total. The third-order valence-corrected chi connectivity index (χ3v) is 2.51. The number of imide groups is 1. The van der Waals surface area contributed by atoms with Gasteiger partial charge in [-0.2, -0.15) is 0 Å². The van der Waals surface area contributed by atoms with E-state index < -0.39 is 23.8 Å². The fourth-order valence-corrected chi connectivity index (χ4v) is 1.47. The zero-order chi connectivity index (χ0) is 15.1. The number of rotatable bonds is 5. The molecule has 0 saturated heterocycles. The number of nitrogens with one attached hydrogen (secondary N) is 3. The van der Waals surface area contributed by atoms with Crippen molar-refractivity contribution in [1.29, 1.82) is 0 Å². The molecule has 1 aromatic rings. The number of hydrogen-bond donors (Lipinski definition) is 3. The average molecular weight is 283 g/mol. The number of hydrogen-bond acceptors (Lipinski definition) is 4. The quantitative estimate of drug-likeness (QED) is 0.764. The normalized spacial score (nSPS) is 11.4. The standard InChI is InChI=1S/C13H18FN3O3/c1-4-15-13(19)17-12(18)8(2)16-11-7-9(20-3)5-6-10(11)14/h5-8,16H,4H2,1-3H3,(H2,15,17,18,19). The molecule has 1 rings (SSSR count). The van der Waals surface area contributed by atoms with Crippen molar-refractivity contribution in [2.45, 2.75) is 19.9 Å². The lowest BCUT2D eigenvalue weighted by Crippen LogP contribution is -2.45. The van der Waals surface area contributed by atoms with E-state index in [4.69, 9.17) is 4.74 Å². The monoisotopic (exact) mass is 283 g/mol. The molecular weight excluding hydrogens is 265 g/mol. The molecule has 3 amide bonds. The van der Waals surface area contributed by atoms with Gasteiger partial charge in [-0.05, 0) is 26.0 Å². The fraction of sp³-hybridized carbons (Fsp3) is 0.385. The van der Waals surface area contributed by atoms with E-state index in [-0.39, 0.29) is 5.69 Å². The molecule has 0 aromatic heterocycles. The lowest BCUT2D eigenvalue weighted by atomic mass is 10.2. The van der Waals surface area contributed by atoms with Crippen LogP contribution < -0.4 is 20.7 Å². The molecular formula is C13H18FN3O3. The van der Waals surface area contributed by atoms with Gasteiger partial charge in [0.05, 0.1) is 12.8 Å². The Kier molecular flexibility index (Phi) is 5.76. The minimum Gasteiger partial charge on any atom is -0.497 e. The van der Waals surface area contributed by atoms with Crippen molar-refractivity contribution < 1.29 is 18.7 Å². The smallest absolute Gasteiger partial charge is 0.321 e. The van der Waals surface area contributed by atoms with Crippen LogP contribution in [0.25, 0.3) is 0 Å². The third-order valence-electron chi connectivity index (χ3n) is 2.51. The molecule has 20 heavy (non-hydrogen) atoms. The second-order valence-corrected chi connectivity index (χ2v) is 4.06. The van der Waals surface area contributed by atoms with E-state index in [9.17, 15) is 14.0 Å². The number of amides is 3. The molecule has 1 aromatic carbocycles. The highest BCUT2D eigenvalue weighted by molar-refractivity contribution is 5.97. The first-order valence-corrected chi connectivity index (χ1v) is 6.16. The Morgan fingerprint density at radius 3 is 2.70 bits per heavy atom. The van der Waals surface area contributed by atoms with Crippen molar-refractivity contribution in [3.8, 4) is 5.75 Å². The summed E-state index contributed by atoms with van der Waals surface area (Å²) in [5, 5.41) is 7.26. The molecule has 0 bridgehead atoms. The van der Waals surface area contributed by atoms with Gasteiger partial charge in [-0.1, -0.05) is 0 Å². The van der Waals surface area contributed by atoms with Crippen LogP contribution in [0.5, 0.6) is 5.75 Å². The zero-order valence-corrected chi connectivity index (χ0v) is 11.6. The second-order valence-electron chi connectivity index (χ2n) is 4.06. The van der Waals surface area contributed by atoms with E-state index in [1.165, 1.54) is 32.2 Å². The van der Waals surface area contributed by atoms with Gasteiger partial charge in [0.1, 0.15) is 17.6 Å². The summed E-state index contributed by atoms with van der Waals surface area (Å²) < 4.78 is 18.6. The molecule has 1 unspecified atom stereocenters. The van der Waals surface area contributed by atoms with Crippen LogP contribution in [-0.4, -0.2) is 31.6 Å². The molecule has 0 spiro atoms. The Bertz CT molecular complexity index is 494. The van der Waals surface area contributed by atoms with Crippen LogP contribution in [0.1, 0.15) is 13.8 Å². The van der Waals surface area contributed by atoms with E-state index in [0.717, 1.165) is 0 Å². The molecule has 0 aliphatic rings. The van der Waals surface area contributed by atoms with Crippen LogP contribution in [0, 0.1) is 5.82 Å². The van der Waals surface area contributed by atoms with Crippen LogP contribution in [-0.2, 0) is 4.79 Å². The second kappa shape index (κ2) is 7.32.